The predicted octanol–water partition coefficient (Wildman–Crippen LogP) is 6.57. The first kappa shape index (κ1) is 21.8. The summed E-state index contributed by atoms with van der Waals surface area (Å²) in [6.45, 7) is 2.12. The molecule has 4 heteroatoms. The molecule has 0 saturated carbocycles. The molecule has 0 unspecified atom stereocenters. The summed E-state index contributed by atoms with van der Waals surface area (Å²) in [4.78, 5) is 10.9. The van der Waals surface area contributed by atoms with E-state index in [0.29, 0.717) is 19.3 Å². The fourth-order valence-corrected chi connectivity index (χ4v) is 2.27. The Balaban J connectivity index is 3.64. The molecule has 0 aromatic rings. The zero-order valence-electron chi connectivity index (χ0n) is 14.7. The average molecular weight is 330 g/mol. The Labute approximate surface area is 140 Å². The van der Waals surface area contributed by atoms with Crippen molar-refractivity contribution in [2.75, 3.05) is 7.11 Å². The molecule has 0 aromatic carbocycles. The van der Waals surface area contributed by atoms with Crippen molar-refractivity contribution >= 4 is 5.97 Å². The van der Waals surface area contributed by atoms with Crippen molar-refractivity contribution in [1.82, 2.24) is 0 Å². The molecule has 0 heterocycles. The number of esters is 1. The molecule has 23 heavy (non-hydrogen) atoms. The van der Waals surface area contributed by atoms with E-state index in [1.807, 2.05) is 0 Å². The van der Waals surface area contributed by atoms with Crippen LogP contribution >= 0.6 is 0 Å². The summed E-state index contributed by atoms with van der Waals surface area (Å²) in [6.07, 6.45) is 13.2. The van der Waals surface area contributed by atoms with Gasteiger partial charge in [-0.2, -0.15) is 0 Å². The van der Waals surface area contributed by atoms with E-state index in [1.54, 1.807) is 0 Å². The van der Waals surface area contributed by atoms with Crippen molar-refractivity contribution in [1.29, 1.82) is 0 Å². The number of hydrogen-bond acceptors (Lipinski definition) is 2. The Morgan fingerprint density at radius 1 is 0.826 bits per heavy atom. The number of carbonyl (C=O) groups excluding carboxylic acids is 1. The average Bonchev–Trinajstić information content (AvgIpc) is 2.56. The van der Waals surface area contributed by atoms with E-state index in [0.717, 1.165) is 57.8 Å². The molecule has 0 amide bonds. The maximum atomic E-state index is 13.5. The van der Waals surface area contributed by atoms with Crippen LogP contribution in [0.25, 0.3) is 0 Å². The Morgan fingerprint density at radius 2 is 1.30 bits per heavy atom. The second-order valence-corrected chi connectivity index (χ2v) is 5.84. The SMILES string of the molecule is CCCCCC/C=C(F)\C(F)=C\CCCCCCCC(=O)OC. The lowest BCUT2D eigenvalue weighted by atomic mass is 10.1. The van der Waals surface area contributed by atoms with Crippen LogP contribution in [0.4, 0.5) is 8.78 Å². The van der Waals surface area contributed by atoms with Crippen molar-refractivity contribution in [3.8, 4) is 0 Å². The van der Waals surface area contributed by atoms with Crippen LogP contribution in [0, 0.1) is 0 Å². The highest BCUT2D eigenvalue weighted by atomic mass is 19.2. The fraction of sp³-hybridized carbons (Fsp3) is 0.737. The van der Waals surface area contributed by atoms with Gasteiger partial charge in [0, 0.05) is 6.42 Å². The monoisotopic (exact) mass is 330 g/mol. The minimum Gasteiger partial charge on any atom is -0.469 e. The molecule has 0 bridgehead atoms. The van der Waals surface area contributed by atoms with Crippen LogP contribution in [0.2, 0.25) is 0 Å². The van der Waals surface area contributed by atoms with Gasteiger partial charge in [0.25, 0.3) is 0 Å². The molecule has 0 saturated heterocycles. The molecule has 0 spiro atoms. The Kier molecular flexibility index (Phi) is 14.9. The number of halogens is 2. The molecule has 134 valence electrons. The summed E-state index contributed by atoms with van der Waals surface area (Å²) >= 11 is 0. The summed E-state index contributed by atoms with van der Waals surface area (Å²) in [7, 11) is 1.39. The summed E-state index contributed by atoms with van der Waals surface area (Å²) in [6, 6.07) is 0. The Morgan fingerprint density at radius 3 is 1.83 bits per heavy atom. The van der Waals surface area contributed by atoms with Gasteiger partial charge in [0.05, 0.1) is 7.11 Å². The van der Waals surface area contributed by atoms with Crippen molar-refractivity contribution in [3.63, 3.8) is 0 Å². The molecule has 0 N–H and O–H groups in total. The number of allylic oxidation sites excluding steroid dienone is 4. The van der Waals surface area contributed by atoms with Gasteiger partial charge in [-0.1, -0.05) is 45.4 Å². The maximum Gasteiger partial charge on any atom is 0.305 e. The van der Waals surface area contributed by atoms with E-state index in [9.17, 15) is 13.6 Å². The summed E-state index contributed by atoms with van der Waals surface area (Å²) in [5, 5.41) is 0. The number of hydrogen-bond donors (Lipinski definition) is 0. The van der Waals surface area contributed by atoms with Gasteiger partial charge in [-0.15, -0.1) is 0 Å². The van der Waals surface area contributed by atoms with Gasteiger partial charge >= 0.3 is 5.97 Å². The molecular formula is C19H32F2O2. The second kappa shape index (κ2) is 15.7. The zero-order valence-corrected chi connectivity index (χ0v) is 14.7. The maximum absolute atomic E-state index is 13.5. The Hall–Kier alpha value is -1.19. The molecule has 0 aliphatic carbocycles. The number of carbonyl (C=O) groups is 1. The topological polar surface area (TPSA) is 26.3 Å². The quantitative estimate of drug-likeness (QED) is 0.205. The molecule has 0 rings (SSSR count). The number of unbranched alkanes of at least 4 members (excludes halogenated alkanes) is 9. The molecular weight excluding hydrogens is 298 g/mol. The lowest BCUT2D eigenvalue weighted by Crippen LogP contribution is -1.99. The van der Waals surface area contributed by atoms with Crippen LogP contribution in [0.1, 0.15) is 84.0 Å². The minimum absolute atomic E-state index is 0.174. The highest BCUT2D eigenvalue weighted by Gasteiger charge is 2.02. The molecule has 0 radical (unpaired) electrons. The molecule has 0 aliphatic rings. The van der Waals surface area contributed by atoms with E-state index in [2.05, 4.69) is 11.7 Å². The highest BCUT2D eigenvalue weighted by Crippen LogP contribution is 2.17. The van der Waals surface area contributed by atoms with E-state index < -0.39 is 11.7 Å². The largest absolute Gasteiger partial charge is 0.469 e. The summed E-state index contributed by atoms with van der Waals surface area (Å²) in [5.41, 5.74) is 0. The normalized spacial score (nSPS) is 12.5. The van der Waals surface area contributed by atoms with E-state index in [-0.39, 0.29) is 5.97 Å². The van der Waals surface area contributed by atoms with Crippen molar-refractivity contribution in [2.45, 2.75) is 84.0 Å². The minimum atomic E-state index is -0.730. The standard InChI is InChI=1S/C19H32F2O2/c1-3-4-5-8-11-14-17(20)18(21)15-12-9-6-7-10-13-16-19(22)23-2/h14-15H,3-13,16H2,1-2H3/b17-14+,18-15-. The first-order chi connectivity index (χ1) is 11.1. The van der Waals surface area contributed by atoms with Gasteiger partial charge in [0.1, 0.15) is 0 Å². The van der Waals surface area contributed by atoms with Gasteiger partial charge < -0.3 is 4.74 Å². The van der Waals surface area contributed by atoms with Crippen molar-refractivity contribution in [2.24, 2.45) is 0 Å². The number of methoxy groups -OCH3 is 1. The first-order valence-corrected chi connectivity index (χ1v) is 8.90. The molecule has 0 aliphatic heterocycles. The summed E-state index contributed by atoms with van der Waals surface area (Å²) < 4.78 is 31.5. The van der Waals surface area contributed by atoms with Gasteiger partial charge in [-0.3, -0.25) is 4.79 Å². The van der Waals surface area contributed by atoms with Gasteiger partial charge in [0.15, 0.2) is 11.7 Å². The Bertz CT molecular complexity index is 362. The first-order valence-electron chi connectivity index (χ1n) is 8.90. The van der Waals surface area contributed by atoms with Crippen LogP contribution < -0.4 is 0 Å². The van der Waals surface area contributed by atoms with E-state index in [1.165, 1.54) is 19.3 Å². The summed E-state index contributed by atoms with van der Waals surface area (Å²) in [5.74, 6) is -1.63. The van der Waals surface area contributed by atoms with Crippen LogP contribution in [-0.2, 0) is 9.53 Å². The lowest BCUT2D eigenvalue weighted by Gasteiger charge is -2.00. The molecule has 2 nitrogen and oxygen atoms in total. The van der Waals surface area contributed by atoms with Crippen molar-refractivity contribution < 1.29 is 18.3 Å². The fourth-order valence-electron chi connectivity index (χ4n) is 2.27. The number of ether oxygens (including phenoxy) is 1. The van der Waals surface area contributed by atoms with E-state index in [4.69, 9.17) is 0 Å². The predicted molar refractivity (Wildman–Crippen MR) is 91.5 cm³/mol. The third kappa shape index (κ3) is 14.2. The van der Waals surface area contributed by atoms with Crippen LogP contribution in [-0.4, -0.2) is 13.1 Å². The van der Waals surface area contributed by atoms with Gasteiger partial charge in [-0.25, -0.2) is 8.78 Å². The van der Waals surface area contributed by atoms with Crippen LogP contribution in [0.3, 0.4) is 0 Å². The third-order valence-electron chi connectivity index (χ3n) is 3.75. The second-order valence-electron chi connectivity index (χ2n) is 5.84. The van der Waals surface area contributed by atoms with Gasteiger partial charge in [-0.05, 0) is 44.3 Å². The zero-order chi connectivity index (χ0) is 17.3. The smallest absolute Gasteiger partial charge is 0.305 e. The van der Waals surface area contributed by atoms with Crippen LogP contribution in [0.15, 0.2) is 23.8 Å². The molecule has 0 fully saturated rings. The third-order valence-corrected chi connectivity index (χ3v) is 3.75. The molecule has 0 atom stereocenters. The van der Waals surface area contributed by atoms with Crippen molar-refractivity contribution in [3.05, 3.63) is 23.8 Å². The molecule has 0 aromatic heterocycles. The number of rotatable bonds is 14. The highest BCUT2D eigenvalue weighted by molar-refractivity contribution is 5.68. The van der Waals surface area contributed by atoms with E-state index >= 15 is 0 Å². The van der Waals surface area contributed by atoms with Crippen LogP contribution in [0.5, 0.6) is 0 Å². The van der Waals surface area contributed by atoms with Gasteiger partial charge in [0.2, 0.25) is 0 Å². The lowest BCUT2D eigenvalue weighted by molar-refractivity contribution is -0.140.